The highest BCUT2D eigenvalue weighted by Gasteiger charge is 2.09. The summed E-state index contributed by atoms with van der Waals surface area (Å²) in [6, 6.07) is 7.50. The van der Waals surface area contributed by atoms with Crippen molar-refractivity contribution in [3.63, 3.8) is 0 Å². The molecule has 0 N–H and O–H groups in total. The van der Waals surface area contributed by atoms with Gasteiger partial charge in [0, 0.05) is 0 Å². The van der Waals surface area contributed by atoms with Crippen LogP contribution in [0.15, 0.2) is 24.3 Å². The van der Waals surface area contributed by atoms with Crippen molar-refractivity contribution in [2.24, 2.45) is 0 Å². The molecule has 0 unspecified atom stereocenters. The molecule has 2 rings (SSSR count). The first-order valence-corrected chi connectivity index (χ1v) is 6.29. The minimum atomic E-state index is 0.180. The molecule has 0 saturated heterocycles. The zero-order valence-electron chi connectivity index (χ0n) is 9.55. The number of methoxy groups -OCH3 is 1. The highest BCUT2D eigenvalue weighted by Crippen LogP contribution is 2.27. The first kappa shape index (κ1) is 12.9. The van der Waals surface area contributed by atoms with Crippen molar-refractivity contribution >= 4 is 29.2 Å². The van der Waals surface area contributed by atoms with Crippen molar-refractivity contribution in [2.45, 2.75) is 6.61 Å². The van der Waals surface area contributed by atoms with Crippen molar-refractivity contribution in [1.29, 1.82) is 0 Å². The summed E-state index contributed by atoms with van der Waals surface area (Å²) < 4.78 is 10.5. The number of halogens is 1. The van der Waals surface area contributed by atoms with E-state index < -0.39 is 0 Å². The lowest BCUT2D eigenvalue weighted by Gasteiger charge is -2.03. The van der Waals surface area contributed by atoms with Crippen molar-refractivity contribution < 1.29 is 14.3 Å². The van der Waals surface area contributed by atoms with Gasteiger partial charge in [0.1, 0.15) is 17.2 Å². The topological polar surface area (TPSA) is 48.4 Å². The molecule has 6 heteroatoms. The third-order valence-electron chi connectivity index (χ3n) is 2.22. The van der Waals surface area contributed by atoms with Gasteiger partial charge in [-0.2, -0.15) is 4.98 Å². The van der Waals surface area contributed by atoms with E-state index in [1.165, 1.54) is 0 Å². The Hall–Kier alpha value is -1.59. The summed E-state index contributed by atoms with van der Waals surface area (Å²) in [6.45, 7) is 0.367. The number of nitrogens with zero attached hydrogens (tertiary/aromatic N) is 1. The van der Waals surface area contributed by atoms with Crippen molar-refractivity contribution in [3.05, 3.63) is 39.9 Å². The fraction of sp³-hybridized carbons (Fsp3) is 0.167. The van der Waals surface area contributed by atoms with Crippen LogP contribution < -0.4 is 9.47 Å². The second-order valence-corrected chi connectivity index (χ2v) is 4.74. The van der Waals surface area contributed by atoms with Crippen molar-refractivity contribution in [3.8, 4) is 10.9 Å². The van der Waals surface area contributed by atoms with Gasteiger partial charge in [0.05, 0.1) is 7.11 Å². The average Bonchev–Trinajstić information content (AvgIpc) is 2.77. The molecule has 94 valence electrons. The SMILES string of the molecule is COc1ccc(COc2nc(Cl)c(C=O)s2)cc1. The summed E-state index contributed by atoms with van der Waals surface area (Å²) in [5.41, 5.74) is 0.981. The molecule has 18 heavy (non-hydrogen) atoms. The summed E-state index contributed by atoms with van der Waals surface area (Å²) in [5.74, 6) is 0.791. The van der Waals surface area contributed by atoms with Crippen molar-refractivity contribution in [2.75, 3.05) is 7.11 Å². The van der Waals surface area contributed by atoms with Crippen LogP contribution in [0.25, 0.3) is 0 Å². The molecule has 1 aromatic heterocycles. The van der Waals surface area contributed by atoms with Crippen LogP contribution in [0.2, 0.25) is 5.15 Å². The third-order valence-corrected chi connectivity index (χ3v) is 3.51. The van der Waals surface area contributed by atoms with E-state index in [0.717, 1.165) is 22.6 Å². The lowest BCUT2D eigenvalue weighted by atomic mass is 10.2. The molecule has 1 aromatic carbocycles. The highest BCUT2D eigenvalue weighted by atomic mass is 35.5. The second kappa shape index (κ2) is 5.84. The molecule has 0 saturated carbocycles. The van der Waals surface area contributed by atoms with Crippen LogP contribution in [-0.4, -0.2) is 18.4 Å². The Kier molecular flexibility index (Phi) is 4.17. The van der Waals surface area contributed by atoms with Gasteiger partial charge in [-0.15, -0.1) is 0 Å². The van der Waals surface area contributed by atoms with Crippen LogP contribution in [0.1, 0.15) is 15.2 Å². The Bertz CT molecular complexity index is 539. The summed E-state index contributed by atoms with van der Waals surface area (Å²) >= 11 is 6.87. The number of hydrogen-bond donors (Lipinski definition) is 0. The molecule has 0 aliphatic heterocycles. The normalized spacial score (nSPS) is 10.1. The number of ether oxygens (including phenoxy) is 2. The number of carbonyl (C=O) groups is 1. The molecule has 4 nitrogen and oxygen atoms in total. The fourth-order valence-electron chi connectivity index (χ4n) is 1.30. The van der Waals surface area contributed by atoms with Crippen LogP contribution in [0, 0.1) is 0 Å². The van der Waals surface area contributed by atoms with Gasteiger partial charge in [-0.3, -0.25) is 4.79 Å². The predicted molar refractivity (Wildman–Crippen MR) is 69.8 cm³/mol. The van der Waals surface area contributed by atoms with Crippen LogP contribution in [0.4, 0.5) is 0 Å². The third kappa shape index (κ3) is 3.00. The Morgan fingerprint density at radius 1 is 1.39 bits per heavy atom. The van der Waals surface area contributed by atoms with Crippen LogP contribution in [-0.2, 0) is 6.61 Å². The first-order chi connectivity index (χ1) is 8.72. The summed E-state index contributed by atoms with van der Waals surface area (Å²) in [4.78, 5) is 14.9. The van der Waals surface area contributed by atoms with E-state index in [-0.39, 0.29) is 5.15 Å². The Morgan fingerprint density at radius 2 is 2.11 bits per heavy atom. The highest BCUT2D eigenvalue weighted by molar-refractivity contribution is 7.15. The lowest BCUT2D eigenvalue weighted by molar-refractivity contribution is 0.112. The number of aldehydes is 1. The van der Waals surface area contributed by atoms with Gasteiger partial charge in [-0.25, -0.2) is 0 Å². The Labute approximate surface area is 113 Å². The molecule has 0 aliphatic carbocycles. The second-order valence-electron chi connectivity index (χ2n) is 3.39. The quantitative estimate of drug-likeness (QED) is 0.791. The Balaban J connectivity index is 1.99. The molecule has 0 radical (unpaired) electrons. The first-order valence-electron chi connectivity index (χ1n) is 5.10. The summed E-state index contributed by atoms with van der Waals surface area (Å²) in [7, 11) is 1.62. The zero-order chi connectivity index (χ0) is 13.0. The Morgan fingerprint density at radius 3 is 2.67 bits per heavy atom. The minimum Gasteiger partial charge on any atom is -0.497 e. The van der Waals surface area contributed by atoms with Crippen LogP contribution >= 0.6 is 22.9 Å². The minimum absolute atomic E-state index is 0.180. The number of thiazole rings is 1. The maximum atomic E-state index is 10.6. The monoisotopic (exact) mass is 283 g/mol. The molecule has 0 spiro atoms. The van der Waals surface area contributed by atoms with E-state index in [0.29, 0.717) is 23.0 Å². The van der Waals surface area contributed by atoms with E-state index in [9.17, 15) is 4.79 Å². The molecule has 0 aliphatic rings. The molecule has 0 fully saturated rings. The molecule has 0 atom stereocenters. The summed E-state index contributed by atoms with van der Waals surface area (Å²) in [6.07, 6.45) is 0.667. The van der Waals surface area contributed by atoms with E-state index in [2.05, 4.69) is 4.98 Å². The van der Waals surface area contributed by atoms with Crippen LogP contribution in [0.3, 0.4) is 0 Å². The van der Waals surface area contributed by atoms with E-state index in [4.69, 9.17) is 21.1 Å². The number of hydrogen-bond acceptors (Lipinski definition) is 5. The van der Waals surface area contributed by atoms with E-state index >= 15 is 0 Å². The lowest BCUT2D eigenvalue weighted by Crippen LogP contribution is -1.94. The molecular weight excluding hydrogens is 274 g/mol. The molecule has 1 heterocycles. The standard InChI is InChI=1S/C12H10ClNO3S/c1-16-9-4-2-8(3-5-9)7-17-12-14-11(13)10(6-15)18-12/h2-6H,7H2,1H3. The van der Waals surface area contributed by atoms with Gasteiger partial charge in [-0.1, -0.05) is 35.1 Å². The van der Waals surface area contributed by atoms with Gasteiger partial charge in [0.15, 0.2) is 11.4 Å². The smallest absolute Gasteiger partial charge is 0.275 e. The zero-order valence-corrected chi connectivity index (χ0v) is 11.1. The van der Waals surface area contributed by atoms with Gasteiger partial charge in [0.2, 0.25) is 0 Å². The maximum absolute atomic E-state index is 10.6. The van der Waals surface area contributed by atoms with Gasteiger partial charge in [-0.05, 0) is 17.7 Å². The molecule has 2 aromatic rings. The van der Waals surface area contributed by atoms with Gasteiger partial charge >= 0.3 is 0 Å². The van der Waals surface area contributed by atoms with E-state index in [1.54, 1.807) is 7.11 Å². The van der Waals surface area contributed by atoms with E-state index in [1.807, 2.05) is 24.3 Å². The average molecular weight is 284 g/mol. The molecule has 0 amide bonds. The number of benzene rings is 1. The number of aromatic nitrogens is 1. The maximum Gasteiger partial charge on any atom is 0.275 e. The molecular formula is C12H10ClNO3S. The largest absolute Gasteiger partial charge is 0.497 e. The predicted octanol–water partition coefficient (Wildman–Crippen LogP) is 3.20. The van der Waals surface area contributed by atoms with Crippen molar-refractivity contribution in [1.82, 2.24) is 4.98 Å². The van der Waals surface area contributed by atoms with Gasteiger partial charge < -0.3 is 9.47 Å². The summed E-state index contributed by atoms with van der Waals surface area (Å²) in [5, 5.41) is 0.567. The fourth-order valence-corrected chi connectivity index (χ4v) is 2.20. The van der Waals surface area contributed by atoms with Crippen LogP contribution in [0.5, 0.6) is 10.9 Å². The number of carbonyl (C=O) groups excluding carboxylic acids is 1. The molecule has 0 bridgehead atoms. The van der Waals surface area contributed by atoms with Gasteiger partial charge in [0.25, 0.3) is 5.19 Å². The number of rotatable bonds is 5.